The van der Waals surface area contributed by atoms with E-state index >= 15 is 0 Å². The molecule has 0 N–H and O–H groups in total. The summed E-state index contributed by atoms with van der Waals surface area (Å²) in [6.45, 7) is 8.04. The summed E-state index contributed by atoms with van der Waals surface area (Å²) < 4.78 is 0. The summed E-state index contributed by atoms with van der Waals surface area (Å²) in [5, 5.41) is 0. The molecular weight excluding hydrogens is 172 g/mol. The van der Waals surface area contributed by atoms with Crippen molar-refractivity contribution in [3.8, 4) is 0 Å². The third-order valence-corrected chi connectivity index (χ3v) is 2.48. The molecule has 0 aliphatic heterocycles. The van der Waals surface area contributed by atoms with Gasteiger partial charge in [-0.1, -0.05) is 32.0 Å². The molecule has 0 unspecified atom stereocenters. The van der Waals surface area contributed by atoms with Crippen LogP contribution in [0.25, 0.3) is 0 Å². The molecule has 1 heteroatoms. The number of rotatable bonds is 3. The van der Waals surface area contributed by atoms with E-state index in [2.05, 4.69) is 39.0 Å². The molecule has 1 nitrogen and oxygen atoms in total. The molecule has 1 aromatic carbocycles. The highest BCUT2D eigenvalue weighted by Crippen LogP contribution is 2.19. The molecule has 0 saturated carbocycles. The summed E-state index contributed by atoms with van der Waals surface area (Å²) in [5.41, 5.74) is 3.69. The van der Waals surface area contributed by atoms with Crippen molar-refractivity contribution in [1.29, 1.82) is 0 Å². The van der Waals surface area contributed by atoms with Crippen molar-refractivity contribution in [2.75, 3.05) is 0 Å². The second-order valence-electron chi connectivity index (χ2n) is 4.22. The third-order valence-electron chi connectivity index (χ3n) is 2.48. The molecular formula is C13H18O. The number of hydrogen-bond donors (Lipinski definition) is 0. The molecule has 0 aliphatic carbocycles. The molecule has 0 saturated heterocycles. The van der Waals surface area contributed by atoms with E-state index < -0.39 is 0 Å². The molecule has 0 aliphatic rings. The Balaban J connectivity index is 3.02. The molecule has 1 aromatic rings. The van der Waals surface area contributed by atoms with Crippen LogP contribution in [0.1, 0.15) is 43.4 Å². The average molecular weight is 190 g/mol. The second kappa shape index (κ2) is 4.41. The zero-order chi connectivity index (χ0) is 10.7. The van der Waals surface area contributed by atoms with Crippen molar-refractivity contribution in [2.24, 2.45) is 0 Å². The molecule has 0 bridgehead atoms. The van der Waals surface area contributed by atoms with Crippen LogP contribution in [0.4, 0.5) is 0 Å². The Hall–Kier alpha value is -1.11. The van der Waals surface area contributed by atoms with Crippen molar-refractivity contribution >= 4 is 5.78 Å². The monoisotopic (exact) mass is 190 g/mol. The molecule has 14 heavy (non-hydrogen) atoms. The van der Waals surface area contributed by atoms with Gasteiger partial charge in [0.05, 0.1) is 0 Å². The van der Waals surface area contributed by atoms with Crippen molar-refractivity contribution in [3.63, 3.8) is 0 Å². The lowest BCUT2D eigenvalue weighted by Crippen LogP contribution is -2.00. The molecule has 0 spiro atoms. The molecule has 0 heterocycles. The molecule has 1 rings (SSSR count). The standard InChI is InChI=1S/C13H18O/c1-9(2)12-6-5-10(3)13(8-12)7-11(4)14/h5-6,8-9H,7H2,1-4H3. The lowest BCUT2D eigenvalue weighted by Gasteiger charge is -2.10. The molecule has 0 fully saturated rings. The Morgan fingerprint density at radius 2 is 2.00 bits per heavy atom. The van der Waals surface area contributed by atoms with Gasteiger partial charge in [0, 0.05) is 6.42 Å². The maximum Gasteiger partial charge on any atom is 0.134 e. The van der Waals surface area contributed by atoms with Gasteiger partial charge in [0.2, 0.25) is 0 Å². The van der Waals surface area contributed by atoms with E-state index in [1.165, 1.54) is 16.7 Å². The average Bonchev–Trinajstić information content (AvgIpc) is 2.07. The molecule has 0 aromatic heterocycles. The molecule has 0 radical (unpaired) electrons. The van der Waals surface area contributed by atoms with Gasteiger partial charge in [0.1, 0.15) is 5.78 Å². The van der Waals surface area contributed by atoms with Gasteiger partial charge in [-0.05, 0) is 36.5 Å². The highest BCUT2D eigenvalue weighted by Gasteiger charge is 2.05. The topological polar surface area (TPSA) is 17.1 Å². The van der Waals surface area contributed by atoms with Crippen LogP contribution in [0.2, 0.25) is 0 Å². The third kappa shape index (κ3) is 2.69. The van der Waals surface area contributed by atoms with E-state index in [1.54, 1.807) is 6.92 Å². The van der Waals surface area contributed by atoms with Crippen molar-refractivity contribution in [3.05, 3.63) is 34.9 Å². The first-order valence-electron chi connectivity index (χ1n) is 5.09. The number of carbonyl (C=O) groups is 1. The van der Waals surface area contributed by atoms with Crippen molar-refractivity contribution in [2.45, 2.75) is 40.0 Å². The van der Waals surface area contributed by atoms with E-state index in [0.29, 0.717) is 12.3 Å². The zero-order valence-electron chi connectivity index (χ0n) is 9.42. The molecule has 0 amide bonds. The molecule has 76 valence electrons. The van der Waals surface area contributed by atoms with Crippen LogP contribution >= 0.6 is 0 Å². The number of Topliss-reactive ketones (excluding diaryl/α,β-unsaturated/α-hetero) is 1. The first kappa shape index (κ1) is 11.0. The van der Waals surface area contributed by atoms with E-state index in [9.17, 15) is 4.79 Å². The van der Waals surface area contributed by atoms with Crippen LogP contribution < -0.4 is 0 Å². The predicted octanol–water partition coefficient (Wildman–Crippen LogP) is 3.25. The first-order valence-corrected chi connectivity index (χ1v) is 5.09. The minimum absolute atomic E-state index is 0.231. The summed E-state index contributed by atoms with van der Waals surface area (Å²) >= 11 is 0. The fourth-order valence-electron chi connectivity index (χ4n) is 1.51. The Morgan fingerprint density at radius 1 is 1.36 bits per heavy atom. The van der Waals surface area contributed by atoms with Crippen LogP contribution in [-0.2, 0) is 11.2 Å². The summed E-state index contributed by atoms with van der Waals surface area (Å²) in [4.78, 5) is 11.0. The van der Waals surface area contributed by atoms with Crippen LogP contribution in [0.15, 0.2) is 18.2 Å². The largest absolute Gasteiger partial charge is 0.300 e. The summed E-state index contributed by atoms with van der Waals surface area (Å²) in [7, 11) is 0. The number of ketones is 1. The van der Waals surface area contributed by atoms with Crippen LogP contribution in [0, 0.1) is 6.92 Å². The van der Waals surface area contributed by atoms with Crippen LogP contribution in [0.5, 0.6) is 0 Å². The smallest absolute Gasteiger partial charge is 0.134 e. The Morgan fingerprint density at radius 3 is 2.50 bits per heavy atom. The zero-order valence-corrected chi connectivity index (χ0v) is 9.42. The van der Waals surface area contributed by atoms with Crippen molar-refractivity contribution < 1.29 is 4.79 Å². The minimum Gasteiger partial charge on any atom is -0.300 e. The van der Waals surface area contributed by atoms with Gasteiger partial charge in [-0.15, -0.1) is 0 Å². The van der Waals surface area contributed by atoms with E-state index in [1.807, 2.05) is 0 Å². The predicted molar refractivity (Wildman–Crippen MR) is 59.7 cm³/mol. The SMILES string of the molecule is CC(=O)Cc1cc(C(C)C)ccc1C. The maximum absolute atomic E-state index is 11.0. The van der Waals surface area contributed by atoms with Gasteiger partial charge in [0.15, 0.2) is 0 Å². The first-order chi connectivity index (χ1) is 6.50. The maximum atomic E-state index is 11.0. The number of benzene rings is 1. The molecule has 0 atom stereocenters. The summed E-state index contributed by atoms with van der Waals surface area (Å²) in [5.74, 6) is 0.760. The fraction of sp³-hybridized carbons (Fsp3) is 0.462. The van der Waals surface area contributed by atoms with Gasteiger partial charge in [0.25, 0.3) is 0 Å². The number of carbonyl (C=O) groups excluding carboxylic acids is 1. The quantitative estimate of drug-likeness (QED) is 0.715. The minimum atomic E-state index is 0.231. The Bertz CT molecular complexity index is 337. The van der Waals surface area contributed by atoms with Crippen molar-refractivity contribution in [1.82, 2.24) is 0 Å². The van der Waals surface area contributed by atoms with E-state index in [-0.39, 0.29) is 5.78 Å². The summed E-state index contributed by atoms with van der Waals surface area (Å²) in [6.07, 6.45) is 0.562. The van der Waals surface area contributed by atoms with E-state index in [0.717, 1.165) is 0 Å². The lowest BCUT2D eigenvalue weighted by atomic mass is 9.95. The van der Waals surface area contributed by atoms with Crippen LogP contribution in [-0.4, -0.2) is 5.78 Å². The fourth-order valence-corrected chi connectivity index (χ4v) is 1.51. The van der Waals surface area contributed by atoms with Gasteiger partial charge in [-0.3, -0.25) is 4.79 Å². The Labute approximate surface area is 86.1 Å². The number of hydrogen-bond acceptors (Lipinski definition) is 1. The van der Waals surface area contributed by atoms with Gasteiger partial charge >= 0.3 is 0 Å². The van der Waals surface area contributed by atoms with Crippen LogP contribution in [0.3, 0.4) is 0 Å². The van der Waals surface area contributed by atoms with Gasteiger partial charge in [-0.2, -0.15) is 0 Å². The summed E-state index contributed by atoms with van der Waals surface area (Å²) in [6, 6.07) is 6.40. The second-order valence-corrected chi connectivity index (χ2v) is 4.22. The number of aryl methyl sites for hydroxylation is 1. The highest BCUT2D eigenvalue weighted by molar-refractivity contribution is 5.78. The normalized spacial score (nSPS) is 10.6. The lowest BCUT2D eigenvalue weighted by molar-refractivity contribution is -0.116. The van der Waals surface area contributed by atoms with Gasteiger partial charge in [-0.25, -0.2) is 0 Å². The Kier molecular flexibility index (Phi) is 3.45. The highest BCUT2D eigenvalue weighted by atomic mass is 16.1. The van der Waals surface area contributed by atoms with Gasteiger partial charge < -0.3 is 0 Å². The van der Waals surface area contributed by atoms with E-state index in [4.69, 9.17) is 0 Å².